The van der Waals surface area contributed by atoms with Gasteiger partial charge in [-0.3, -0.25) is 4.79 Å². The second-order valence-corrected chi connectivity index (χ2v) is 7.73. The highest BCUT2D eigenvalue weighted by Gasteiger charge is 2.33. The highest BCUT2D eigenvalue weighted by molar-refractivity contribution is 5.92. The van der Waals surface area contributed by atoms with Gasteiger partial charge in [0.1, 0.15) is 29.9 Å². The summed E-state index contributed by atoms with van der Waals surface area (Å²) in [5, 5.41) is 24.7. The molecule has 1 amide bonds. The fourth-order valence-electron chi connectivity index (χ4n) is 3.70. The third-order valence-corrected chi connectivity index (χ3v) is 5.56. The van der Waals surface area contributed by atoms with Crippen LogP contribution in [0.1, 0.15) is 24.8 Å². The number of benzene rings is 1. The topological polar surface area (TPSA) is 107 Å². The van der Waals surface area contributed by atoms with Gasteiger partial charge in [0, 0.05) is 18.7 Å². The molecule has 2 atom stereocenters. The van der Waals surface area contributed by atoms with Gasteiger partial charge in [-0.2, -0.15) is 5.26 Å². The predicted octanol–water partition coefficient (Wildman–Crippen LogP) is 2.41. The average molecular weight is 410 g/mol. The summed E-state index contributed by atoms with van der Waals surface area (Å²) in [6.07, 6.45) is 0.969. The molecule has 0 unspecified atom stereocenters. The molecule has 1 saturated heterocycles. The minimum Gasteiger partial charge on any atom is -0.486 e. The van der Waals surface area contributed by atoms with Crippen molar-refractivity contribution in [3.8, 4) is 22.9 Å². The van der Waals surface area contributed by atoms with E-state index >= 15 is 0 Å². The van der Waals surface area contributed by atoms with Gasteiger partial charge in [-0.1, -0.05) is 6.07 Å². The number of ether oxygens (including phenoxy) is 1. The largest absolute Gasteiger partial charge is 0.486 e. The molecule has 1 aliphatic carbocycles. The Bertz CT molecular complexity index is 971. The lowest BCUT2D eigenvalue weighted by Gasteiger charge is -2.29. The van der Waals surface area contributed by atoms with E-state index in [1.54, 1.807) is 36.5 Å². The lowest BCUT2D eigenvalue weighted by Crippen LogP contribution is -2.44. The third-order valence-electron chi connectivity index (χ3n) is 5.56. The van der Waals surface area contributed by atoms with Crippen molar-refractivity contribution in [2.24, 2.45) is 5.92 Å². The molecule has 3 N–H and O–H groups in total. The van der Waals surface area contributed by atoms with Crippen LogP contribution in [-0.4, -0.2) is 47.5 Å². The van der Waals surface area contributed by atoms with Gasteiger partial charge in [0.15, 0.2) is 0 Å². The summed E-state index contributed by atoms with van der Waals surface area (Å²) in [5.41, 5.74) is 1.87. The first kappa shape index (κ1) is 20.3. The van der Waals surface area contributed by atoms with E-state index in [0.717, 1.165) is 11.1 Å². The van der Waals surface area contributed by atoms with Crippen LogP contribution in [0.3, 0.4) is 0 Å². The zero-order chi connectivity index (χ0) is 21.1. The Labute approximate surface area is 173 Å². The first-order chi connectivity index (χ1) is 14.5. The molecule has 30 heavy (non-hydrogen) atoms. The minimum absolute atomic E-state index is 0.158. The number of anilines is 1. The molecule has 2 aliphatic rings. The predicted molar refractivity (Wildman–Crippen MR) is 109 cm³/mol. The molecule has 0 bridgehead atoms. The number of hydrogen-bond acceptors (Lipinski definition) is 6. The molecule has 8 heteroatoms. The molecule has 1 aromatic carbocycles. The Morgan fingerprint density at radius 2 is 2.10 bits per heavy atom. The number of alkyl halides is 1. The van der Waals surface area contributed by atoms with Gasteiger partial charge in [0.25, 0.3) is 0 Å². The van der Waals surface area contributed by atoms with Crippen molar-refractivity contribution in [3.05, 3.63) is 42.1 Å². The number of aliphatic hydroxyl groups is 1. The first-order valence-corrected chi connectivity index (χ1v) is 10.0. The zero-order valence-electron chi connectivity index (χ0n) is 16.3. The number of nitriles is 1. The fraction of sp³-hybridized carbons (Fsp3) is 0.409. The number of halogens is 1. The van der Waals surface area contributed by atoms with E-state index < -0.39 is 18.4 Å². The molecule has 1 aromatic heterocycles. The van der Waals surface area contributed by atoms with Crippen LogP contribution in [-0.2, 0) is 4.79 Å². The van der Waals surface area contributed by atoms with Gasteiger partial charge in [-0.25, -0.2) is 9.37 Å². The molecule has 2 aromatic rings. The number of hydrogen-bond donors (Lipinski definition) is 3. The van der Waals surface area contributed by atoms with Crippen LogP contribution in [0.2, 0.25) is 0 Å². The van der Waals surface area contributed by atoms with Gasteiger partial charge in [0.05, 0.1) is 11.7 Å². The van der Waals surface area contributed by atoms with E-state index in [9.17, 15) is 19.6 Å². The summed E-state index contributed by atoms with van der Waals surface area (Å²) in [6, 6.07) is 10.8. The number of amides is 1. The summed E-state index contributed by atoms with van der Waals surface area (Å²) < 4.78 is 19.8. The number of pyridine rings is 1. The number of nitrogens with one attached hydrogen (secondary N) is 2. The van der Waals surface area contributed by atoms with Crippen LogP contribution in [0, 0.1) is 17.2 Å². The number of carbonyl (C=O) groups excluding carboxylic acids is 1. The molecule has 156 valence electrons. The lowest BCUT2D eigenvalue weighted by molar-refractivity contribution is -0.126. The summed E-state index contributed by atoms with van der Waals surface area (Å²) in [5.74, 6) is 0.421. The zero-order valence-corrected chi connectivity index (χ0v) is 16.3. The molecule has 2 fully saturated rings. The number of aliphatic hydroxyl groups excluding tert-OH is 1. The average Bonchev–Trinajstić information content (AvgIpc) is 2.73. The monoisotopic (exact) mass is 410 g/mol. The molecule has 4 rings (SSSR count). The van der Waals surface area contributed by atoms with E-state index in [1.807, 2.05) is 0 Å². The summed E-state index contributed by atoms with van der Waals surface area (Å²) in [6.45, 7) is 0.923. The Morgan fingerprint density at radius 1 is 1.30 bits per heavy atom. The van der Waals surface area contributed by atoms with Crippen molar-refractivity contribution in [1.29, 1.82) is 5.26 Å². The van der Waals surface area contributed by atoms with Crippen molar-refractivity contribution in [1.82, 2.24) is 10.3 Å². The van der Waals surface area contributed by atoms with Crippen LogP contribution in [0.4, 0.5) is 10.2 Å². The smallest absolute Gasteiger partial charge is 0.228 e. The van der Waals surface area contributed by atoms with E-state index in [-0.39, 0.29) is 18.4 Å². The van der Waals surface area contributed by atoms with Crippen molar-refractivity contribution in [3.63, 3.8) is 0 Å². The van der Waals surface area contributed by atoms with Gasteiger partial charge in [-0.15, -0.1) is 0 Å². The van der Waals surface area contributed by atoms with Crippen LogP contribution in [0.15, 0.2) is 36.5 Å². The molecule has 7 nitrogen and oxygen atoms in total. The van der Waals surface area contributed by atoms with Crippen molar-refractivity contribution < 1.29 is 19.0 Å². The van der Waals surface area contributed by atoms with E-state index in [1.165, 1.54) is 0 Å². The van der Waals surface area contributed by atoms with Crippen molar-refractivity contribution >= 4 is 11.7 Å². The fourth-order valence-corrected chi connectivity index (χ4v) is 3.70. The van der Waals surface area contributed by atoms with Crippen LogP contribution < -0.4 is 15.4 Å². The second kappa shape index (κ2) is 8.78. The summed E-state index contributed by atoms with van der Waals surface area (Å²) >= 11 is 0. The maximum absolute atomic E-state index is 14.0. The van der Waals surface area contributed by atoms with Gasteiger partial charge >= 0.3 is 0 Å². The van der Waals surface area contributed by atoms with Gasteiger partial charge in [0.2, 0.25) is 5.91 Å². The van der Waals surface area contributed by atoms with Gasteiger partial charge in [-0.05, 0) is 61.2 Å². The maximum Gasteiger partial charge on any atom is 0.228 e. The Hall–Kier alpha value is -3.02. The molecular weight excluding hydrogens is 387 g/mol. The van der Waals surface area contributed by atoms with Crippen molar-refractivity contribution in [2.75, 3.05) is 18.4 Å². The summed E-state index contributed by atoms with van der Waals surface area (Å²) in [7, 11) is 0. The highest BCUT2D eigenvalue weighted by Crippen LogP contribution is 2.31. The Kier molecular flexibility index (Phi) is 5.93. The molecule has 1 aliphatic heterocycles. The van der Waals surface area contributed by atoms with Crippen LogP contribution in [0.25, 0.3) is 11.1 Å². The number of piperidine rings is 1. The lowest BCUT2D eigenvalue weighted by atomic mass is 9.82. The molecular formula is C22H23FN4O3. The molecule has 1 saturated carbocycles. The van der Waals surface area contributed by atoms with Crippen molar-refractivity contribution in [2.45, 2.75) is 37.6 Å². The molecule has 0 radical (unpaired) electrons. The van der Waals surface area contributed by atoms with E-state index in [4.69, 9.17) is 4.74 Å². The van der Waals surface area contributed by atoms with E-state index in [2.05, 4.69) is 21.7 Å². The highest BCUT2D eigenvalue weighted by atomic mass is 19.1. The Morgan fingerprint density at radius 3 is 2.83 bits per heavy atom. The first-order valence-electron chi connectivity index (χ1n) is 10.0. The third kappa shape index (κ3) is 4.42. The second-order valence-electron chi connectivity index (χ2n) is 7.73. The Balaban J connectivity index is 1.50. The molecule has 2 heterocycles. The quantitative estimate of drug-likeness (QED) is 0.699. The van der Waals surface area contributed by atoms with Crippen LogP contribution >= 0.6 is 0 Å². The number of rotatable bonds is 5. The minimum atomic E-state index is -1.12. The van der Waals surface area contributed by atoms with Gasteiger partial charge < -0.3 is 20.5 Å². The standard InChI is InChI=1S/C22H23FN4O3/c23-18-12-25-5-4-20(18)30-19-2-1-13(7-16(19)11-24)14-3-6-26-21(10-14)27-22(29)15-8-17(28)9-15/h1-3,6-7,10,15,17-18,20,25,28H,4-5,8-9,12H2,(H,26,27,29)/t15?,17?,18-,20+/m1/s1. The van der Waals surface area contributed by atoms with Crippen LogP contribution in [0.5, 0.6) is 5.75 Å². The number of nitrogens with zero attached hydrogens (tertiary/aromatic N) is 2. The van der Waals surface area contributed by atoms with E-state index in [0.29, 0.717) is 42.9 Å². The molecule has 0 spiro atoms. The maximum atomic E-state index is 14.0. The summed E-state index contributed by atoms with van der Waals surface area (Å²) in [4.78, 5) is 16.4. The normalized spacial score (nSPS) is 25.6. The SMILES string of the molecule is N#Cc1cc(-c2ccnc(NC(=O)C3CC(O)C3)c2)ccc1O[C@H]1CCNC[C@H]1F. The number of carbonyl (C=O) groups is 1. The number of aromatic nitrogens is 1.